The van der Waals surface area contributed by atoms with Crippen LogP contribution in [0.2, 0.25) is 0 Å². The molecule has 0 bridgehead atoms. The minimum absolute atomic E-state index is 0.312. The zero-order chi connectivity index (χ0) is 19.6. The number of pyridine rings is 1. The smallest absolute Gasteiger partial charge is 0.282 e. The normalized spacial score (nSPS) is 21.7. The molecule has 1 atom stereocenters. The van der Waals surface area contributed by atoms with E-state index in [1.54, 1.807) is 16.7 Å². The number of nitrogens with one attached hydrogen (secondary N) is 1. The molecule has 2 aromatic rings. The minimum Gasteiger partial charge on any atom is -0.379 e. The summed E-state index contributed by atoms with van der Waals surface area (Å²) in [6.07, 6.45) is 4.79. The van der Waals surface area contributed by atoms with E-state index in [0.29, 0.717) is 50.2 Å². The Morgan fingerprint density at radius 2 is 1.93 bits per heavy atom. The number of ether oxygens (including phenoxy) is 1. The van der Waals surface area contributed by atoms with Crippen LogP contribution < -0.4 is 5.32 Å². The Balaban J connectivity index is 1.56. The first-order valence-electron chi connectivity index (χ1n) is 9.41. The highest BCUT2D eigenvalue weighted by Crippen LogP contribution is 2.34. The Bertz CT molecular complexity index is 932. The van der Waals surface area contributed by atoms with E-state index < -0.39 is 10.2 Å². The van der Waals surface area contributed by atoms with Crippen LogP contribution in [0, 0.1) is 6.92 Å². The second-order valence-electron chi connectivity index (χ2n) is 6.91. The lowest BCUT2D eigenvalue weighted by molar-refractivity contribution is 0.0698. The Labute approximate surface area is 164 Å². The van der Waals surface area contributed by atoms with Crippen molar-refractivity contribution in [2.75, 3.05) is 38.2 Å². The van der Waals surface area contributed by atoms with Gasteiger partial charge in [0.2, 0.25) is 0 Å². The summed E-state index contributed by atoms with van der Waals surface area (Å²) in [7, 11) is -3.55. The first-order chi connectivity index (χ1) is 13.5. The van der Waals surface area contributed by atoms with Gasteiger partial charge in [0, 0.05) is 25.3 Å². The molecule has 2 fully saturated rings. The van der Waals surface area contributed by atoms with Gasteiger partial charge in [-0.2, -0.15) is 17.0 Å². The van der Waals surface area contributed by atoms with Crippen molar-refractivity contribution in [3.63, 3.8) is 0 Å². The van der Waals surface area contributed by atoms with Crippen molar-refractivity contribution < 1.29 is 13.2 Å². The Morgan fingerprint density at radius 3 is 2.71 bits per heavy atom. The summed E-state index contributed by atoms with van der Waals surface area (Å²) in [5.74, 6) is 1.22. The third kappa shape index (κ3) is 4.00. The van der Waals surface area contributed by atoms with Gasteiger partial charge in [0.05, 0.1) is 37.3 Å². The first kappa shape index (κ1) is 19.2. The number of rotatable bonds is 5. The number of aryl methyl sites for hydroxylation is 1. The molecule has 28 heavy (non-hydrogen) atoms. The van der Waals surface area contributed by atoms with Gasteiger partial charge in [-0.05, 0) is 31.9 Å². The molecule has 10 heteroatoms. The molecule has 1 N–H and O–H groups in total. The van der Waals surface area contributed by atoms with Gasteiger partial charge in [0.1, 0.15) is 11.6 Å². The average Bonchev–Trinajstić information content (AvgIpc) is 3.20. The monoisotopic (exact) mass is 404 g/mol. The molecule has 150 valence electrons. The maximum Gasteiger partial charge on any atom is 0.282 e. The van der Waals surface area contributed by atoms with Crippen LogP contribution in [0.1, 0.15) is 30.3 Å². The van der Waals surface area contributed by atoms with Crippen LogP contribution in [0.4, 0.5) is 11.6 Å². The summed E-state index contributed by atoms with van der Waals surface area (Å²) < 4.78 is 34.6. The molecule has 4 rings (SSSR count). The summed E-state index contributed by atoms with van der Waals surface area (Å²) in [6.45, 7) is 4.04. The first-order valence-corrected chi connectivity index (χ1v) is 10.8. The van der Waals surface area contributed by atoms with E-state index in [-0.39, 0.29) is 6.04 Å². The maximum atomic E-state index is 13.1. The van der Waals surface area contributed by atoms with Gasteiger partial charge < -0.3 is 10.1 Å². The van der Waals surface area contributed by atoms with Crippen LogP contribution >= 0.6 is 0 Å². The van der Waals surface area contributed by atoms with Crippen molar-refractivity contribution in [2.24, 2.45) is 0 Å². The number of anilines is 2. The van der Waals surface area contributed by atoms with Crippen molar-refractivity contribution in [1.82, 2.24) is 23.6 Å². The lowest BCUT2D eigenvalue weighted by Gasteiger charge is -2.32. The van der Waals surface area contributed by atoms with E-state index in [4.69, 9.17) is 4.74 Å². The number of hydrogen-bond acceptors (Lipinski definition) is 7. The minimum atomic E-state index is -3.55. The summed E-state index contributed by atoms with van der Waals surface area (Å²) in [5.41, 5.74) is 1.54. The highest BCUT2D eigenvalue weighted by Gasteiger charge is 2.40. The van der Waals surface area contributed by atoms with Gasteiger partial charge in [0.15, 0.2) is 0 Å². The number of morpholine rings is 1. The predicted octanol–water partition coefficient (Wildman–Crippen LogP) is 1.64. The molecule has 0 aliphatic carbocycles. The van der Waals surface area contributed by atoms with Gasteiger partial charge in [-0.15, -0.1) is 0 Å². The van der Waals surface area contributed by atoms with Gasteiger partial charge in [-0.1, -0.05) is 6.07 Å². The number of nitrogens with zero attached hydrogens (tertiary/aromatic N) is 5. The Hall–Kier alpha value is -2.14. The Morgan fingerprint density at radius 1 is 1.11 bits per heavy atom. The zero-order valence-electron chi connectivity index (χ0n) is 15.8. The fourth-order valence-corrected chi connectivity index (χ4v) is 5.39. The fraction of sp³-hybridized carbons (Fsp3) is 0.500. The fourth-order valence-electron chi connectivity index (χ4n) is 3.58. The second-order valence-corrected chi connectivity index (χ2v) is 8.79. The molecule has 2 aliphatic heterocycles. The molecule has 0 amide bonds. The lowest BCUT2D eigenvalue weighted by Crippen LogP contribution is -2.48. The van der Waals surface area contributed by atoms with Crippen molar-refractivity contribution in [3.05, 3.63) is 42.0 Å². The number of aromatic nitrogens is 3. The van der Waals surface area contributed by atoms with E-state index in [1.807, 2.05) is 25.1 Å². The summed E-state index contributed by atoms with van der Waals surface area (Å²) >= 11 is 0. The average molecular weight is 404 g/mol. The molecule has 9 nitrogen and oxygen atoms in total. The van der Waals surface area contributed by atoms with Crippen LogP contribution in [0.15, 0.2) is 30.6 Å². The highest BCUT2D eigenvalue weighted by molar-refractivity contribution is 7.86. The molecule has 0 saturated carbocycles. The third-order valence-corrected chi connectivity index (χ3v) is 6.98. The van der Waals surface area contributed by atoms with Gasteiger partial charge >= 0.3 is 0 Å². The van der Waals surface area contributed by atoms with Crippen LogP contribution in [0.3, 0.4) is 0 Å². The summed E-state index contributed by atoms with van der Waals surface area (Å²) in [5, 5.41) is 3.15. The van der Waals surface area contributed by atoms with Crippen LogP contribution in [0.5, 0.6) is 0 Å². The maximum absolute atomic E-state index is 13.1. The highest BCUT2D eigenvalue weighted by atomic mass is 32.2. The second kappa shape index (κ2) is 8.08. The quantitative estimate of drug-likeness (QED) is 0.808. The van der Waals surface area contributed by atoms with Crippen LogP contribution in [0.25, 0.3) is 0 Å². The molecular formula is C18H24N6O3S. The van der Waals surface area contributed by atoms with Gasteiger partial charge in [0.25, 0.3) is 10.2 Å². The molecular weight excluding hydrogens is 380 g/mol. The predicted molar refractivity (Wildman–Crippen MR) is 104 cm³/mol. The van der Waals surface area contributed by atoms with Crippen molar-refractivity contribution in [1.29, 1.82) is 0 Å². The van der Waals surface area contributed by atoms with Crippen molar-refractivity contribution >= 4 is 21.8 Å². The van der Waals surface area contributed by atoms with Gasteiger partial charge in [-0.25, -0.2) is 9.97 Å². The van der Waals surface area contributed by atoms with Crippen LogP contribution in [-0.2, 0) is 14.9 Å². The Kier molecular flexibility index (Phi) is 5.54. The van der Waals surface area contributed by atoms with E-state index in [1.165, 1.54) is 4.31 Å². The van der Waals surface area contributed by atoms with E-state index >= 15 is 0 Å². The lowest BCUT2D eigenvalue weighted by atomic mass is 10.2. The third-order valence-electron chi connectivity index (χ3n) is 4.94. The molecule has 4 heterocycles. The SMILES string of the molecule is Cc1cccc(Nc2cncc([C@@H]3CCCN3S(=O)(=O)N3CCOCC3)n2)n1. The van der Waals surface area contributed by atoms with E-state index in [9.17, 15) is 8.42 Å². The molecule has 0 radical (unpaired) electrons. The molecule has 2 aliphatic rings. The molecule has 0 unspecified atom stereocenters. The molecule has 0 aromatic carbocycles. The van der Waals surface area contributed by atoms with Crippen LogP contribution in [-0.4, -0.2) is 64.8 Å². The van der Waals surface area contributed by atoms with Crippen molar-refractivity contribution in [3.8, 4) is 0 Å². The largest absolute Gasteiger partial charge is 0.379 e. The summed E-state index contributed by atoms with van der Waals surface area (Å²) in [4.78, 5) is 13.3. The zero-order valence-corrected chi connectivity index (χ0v) is 16.6. The number of hydrogen-bond donors (Lipinski definition) is 1. The van der Waals surface area contributed by atoms with E-state index in [0.717, 1.165) is 18.5 Å². The molecule has 0 spiro atoms. The molecule has 2 saturated heterocycles. The topological polar surface area (TPSA) is 101 Å². The van der Waals surface area contributed by atoms with E-state index in [2.05, 4.69) is 20.3 Å². The van der Waals surface area contributed by atoms with Gasteiger partial charge in [-0.3, -0.25) is 4.98 Å². The van der Waals surface area contributed by atoms with Crippen molar-refractivity contribution in [2.45, 2.75) is 25.8 Å². The summed E-state index contributed by atoms with van der Waals surface area (Å²) in [6, 6.07) is 5.37. The standard InChI is InChI=1S/C18H24N6O3S/c1-14-4-2-6-17(20-14)22-18-13-19-12-15(21-18)16-5-3-7-24(16)28(25,26)23-8-10-27-11-9-23/h2,4,6,12-13,16H,3,5,7-11H2,1H3,(H,20,21,22)/t16-/m0/s1. The molecule has 2 aromatic heterocycles.